The van der Waals surface area contributed by atoms with E-state index in [2.05, 4.69) is 26.1 Å². The third kappa shape index (κ3) is 6.08. The highest BCUT2D eigenvalue weighted by molar-refractivity contribution is 7.17. The first kappa shape index (κ1) is 25.8. The zero-order valence-electron chi connectivity index (χ0n) is 21.3. The Morgan fingerprint density at radius 2 is 1.61 bits per heavy atom. The Morgan fingerprint density at radius 3 is 2.22 bits per heavy atom. The molecule has 0 fully saturated rings. The number of carbonyl (C=O) groups excluding carboxylic acids is 2. The largest absolute Gasteiger partial charge is 0.490 e. The minimum absolute atomic E-state index is 0.189. The van der Waals surface area contributed by atoms with Crippen LogP contribution in [0.5, 0.6) is 11.5 Å². The molecule has 1 unspecified atom stereocenters. The van der Waals surface area contributed by atoms with Gasteiger partial charge in [-0.2, -0.15) is 0 Å². The van der Waals surface area contributed by atoms with Gasteiger partial charge in [-0.05, 0) is 72.6 Å². The fraction of sp³-hybridized carbons (Fsp3) is 0.379. The summed E-state index contributed by atoms with van der Waals surface area (Å²) in [5.74, 6) is 1.30. The highest BCUT2D eigenvalue weighted by Gasteiger charge is 2.34. The lowest BCUT2D eigenvalue weighted by Crippen LogP contribution is -2.26. The van der Waals surface area contributed by atoms with Crippen LogP contribution in [-0.4, -0.2) is 32.2 Å². The standard InChI is InChI=1S/C29H33NO5S/c1-29(2,3)20-12-15-23-24(18-20)36-27(25(23)28(32)33-4)30-26(31)19-10-13-22(14-11-19)35-17-16-34-21-8-6-5-7-9-21/h5-11,13-14,20H,12,15-18H2,1-4H3,(H,30,31). The van der Waals surface area contributed by atoms with Gasteiger partial charge in [0.2, 0.25) is 0 Å². The fourth-order valence-corrected chi connectivity index (χ4v) is 5.76. The van der Waals surface area contributed by atoms with Crippen molar-refractivity contribution in [2.75, 3.05) is 25.6 Å². The normalized spacial score (nSPS) is 15.1. The molecule has 1 atom stereocenters. The number of fused-ring (bicyclic) bond motifs is 1. The summed E-state index contributed by atoms with van der Waals surface area (Å²) in [4.78, 5) is 26.8. The van der Waals surface area contributed by atoms with Gasteiger partial charge in [0.25, 0.3) is 5.91 Å². The zero-order chi connectivity index (χ0) is 25.7. The summed E-state index contributed by atoms with van der Waals surface area (Å²) in [6, 6.07) is 16.5. The molecule has 3 aromatic rings. The Labute approximate surface area is 216 Å². The number of benzene rings is 2. The lowest BCUT2D eigenvalue weighted by molar-refractivity contribution is 0.0600. The van der Waals surface area contributed by atoms with Crippen LogP contribution in [0.3, 0.4) is 0 Å². The fourth-order valence-electron chi connectivity index (χ4n) is 4.44. The molecule has 6 nitrogen and oxygen atoms in total. The number of thiophene rings is 1. The van der Waals surface area contributed by atoms with E-state index in [1.54, 1.807) is 24.3 Å². The van der Waals surface area contributed by atoms with Gasteiger partial charge in [-0.25, -0.2) is 4.79 Å². The second kappa shape index (κ2) is 11.2. The van der Waals surface area contributed by atoms with E-state index in [0.29, 0.717) is 41.0 Å². The van der Waals surface area contributed by atoms with Gasteiger partial charge in [0.15, 0.2) is 0 Å². The second-order valence-corrected chi connectivity index (χ2v) is 11.1. The third-order valence-electron chi connectivity index (χ3n) is 6.59. The van der Waals surface area contributed by atoms with Gasteiger partial charge in [-0.3, -0.25) is 4.79 Å². The molecule has 2 aromatic carbocycles. The number of nitrogens with one attached hydrogen (secondary N) is 1. The molecule has 0 radical (unpaired) electrons. The molecule has 0 bridgehead atoms. The van der Waals surface area contributed by atoms with Crippen molar-refractivity contribution in [3.05, 3.63) is 76.2 Å². The van der Waals surface area contributed by atoms with Gasteiger partial charge >= 0.3 is 5.97 Å². The average Bonchev–Trinajstić information content (AvgIpc) is 3.23. The summed E-state index contributed by atoms with van der Waals surface area (Å²) in [6.07, 6.45) is 2.74. The second-order valence-electron chi connectivity index (χ2n) is 9.99. The van der Waals surface area contributed by atoms with E-state index in [1.165, 1.54) is 23.3 Å². The predicted octanol–water partition coefficient (Wildman–Crippen LogP) is 6.40. The van der Waals surface area contributed by atoms with Crippen molar-refractivity contribution < 1.29 is 23.8 Å². The van der Waals surface area contributed by atoms with Crippen molar-refractivity contribution in [1.82, 2.24) is 0 Å². The molecule has 1 aliphatic carbocycles. The molecule has 1 heterocycles. The van der Waals surface area contributed by atoms with Crippen molar-refractivity contribution in [3.8, 4) is 11.5 Å². The Balaban J connectivity index is 1.40. The molecule has 0 aliphatic heterocycles. The molecule has 190 valence electrons. The van der Waals surface area contributed by atoms with E-state index in [0.717, 1.165) is 30.6 Å². The maximum atomic E-state index is 13.0. The maximum absolute atomic E-state index is 13.0. The quantitative estimate of drug-likeness (QED) is 0.282. The Hall–Kier alpha value is -3.32. The van der Waals surface area contributed by atoms with Crippen LogP contribution in [-0.2, 0) is 17.6 Å². The van der Waals surface area contributed by atoms with E-state index < -0.39 is 5.97 Å². The first-order valence-corrected chi connectivity index (χ1v) is 13.0. The van der Waals surface area contributed by atoms with E-state index in [4.69, 9.17) is 14.2 Å². The Bertz CT molecular complexity index is 1190. The molecule has 0 spiro atoms. The molecule has 1 N–H and O–H groups in total. The lowest BCUT2D eigenvalue weighted by atomic mass is 9.72. The number of hydrogen-bond donors (Lipinski definition) is 1. The van der Waals surface area contributed by atoms with E-state index >= 15 is 0 Å². The number of anilines is 1. The molecular formula is C29H33NO5S. The molecule has 1 amide bonds. The van der Waals surface area contributed by atoms with Gasteiger partial charge < -0.3 is 19.5 Å². The smallest absolute Gasteiger partial charge is 0.341 e. The summed E-state index contributed by atoms with van der Waals surface area (Å²) >= 11 is 1.49. The average molecular weight is 508 g/mol. The van der Waals surface area contributed by atoms with Crippen LogP contribution in [0.25, 0.3) is 0 Å². The molecule has 1 aromatic heterocycles. The highest BCUT2D eigenvalue weighted by Crippen LogP contribution is 2.44. The lowest BCUT2D eigenvalue weighted by Gasteiger charge is -2.33. The summed E-state index contributed by atoms with van der Waals surface area (Å²) in [6.45, 7) is 7.57. The number of para-hydroxylation sites is 1. The van der Waals surface area contributed by atoms with Gasteiger partial charge in [0.05, 0.1) is 12.7 Å². The van der Waals surface area contributed by atoms with Crippen molar-refractivity contribution in [2.24, 2.45) is 11.3 Å². The third-order valence-corrected chi connectivity index (χ3v) is 7.76. The monoisotopic (exact) mass is 507 g/mol. The van der Waals surface area contributed by atoms with Crippen molar-refractivity contribution in [1.29, 1.82) is 0 Å². The van der Waals surface area contributed by atoms with E-state index in [1.807, 2.05) is 30.3 Å². The molecule has 36 heavy (non-hydrogen) atoms. The van der Waals surface area contributed by atoms with Crippen LogP contribution >= 0.6 is 11.3 Å². The number of hydrogen-bond acceptors (Lipinski definition) is 6. The molecule has 4 rings (SSSR count). The summed E-state index contributed by atoms with van der Waals surface area (Å²) in [5, 5.41) is 3.52. The summed E-state index contributed by atoms with van der Waals surface area (Å²) < 4.78 is 16.4. The number of amides is 1. The van der Waals surface area contributed by atoms with Crippen LogP contribution in [0, 0.1) is 11.3 Å². The zero-order valence-corrected chi connectivity index (χ0v) is 22.1. The Kier molecular flexibility index (Phi) is 7.99. The highest BCUT2D eigenvalue weighted by atomic mass is 32.1. The van der Waals surface area contributed by atoms with Crippen LogP contribution in [0.2, 0.25) is 0 Å². The maximum Gasteiger partial charge on any atom is 0.341 e. The minimum atomic E-state index is -0.404. The SMILES string of the molecule is COC(=O)c1c(NC(=O)c2ccc(OCCOc3ccccc3)cc2)sc2c1CCC(C(C)(C)C)C2. The minimum Gasteiger partial charge on any atom is -0.490 e. The molecule has 0 saturated carbocycles. The van der Waals surface area contributed by atoms with Gasteiger partial charge in [0.1, 0.15) is 29.7 Å². The first-order valence-electron chi connectivity index (χ1n) is 12.2. The van der Waals surface area contributed by atoms with Crippen LogP contribution in [0.15, 0.2) is 54.6 Å². The van der Waals surface area contributed by atoms with Crippen molar-refractivity contribution in [3.63, 3.8) is 0 Å². The summed E-state index contributed by atoms with van der Waals surface area (Å²) in [7, 11) is 1.38. The van der Waals surface area contributed by atoms with Crippen molar-refractivity contribution in [2.45, 2.75) is 40.0 Å². The molecule has 0 saturated heterocycles. The molecular weight excluding hydrogens is 474 g/mol. The number of methoxy groups -OCH3 is 1. The number of rotatable bonds is 8. The molecule has 1 aliphatic rings. The van der Waals surface area contributed by atoms with E-state index in [-0.39, 0.29) is 11.3 Å². The number of ether oxygens (including phenoxy) is 3. The van der Waals surface area contributed by atoms with E-state index in [9.17, 15) is 9.59 Å². The van der Waals surface area contributed by atoms with Crippen LogP contribution < -0.4 is 14.8 Å². The van der Waals surface area contributed by atoms with Crippen molar-refractivity contribution >= 4 is 28.2 Å². The topological polar surface area (TPSA) is 73.9 Å². The van der Waals surface area contributed by atoms with Gasteiger partial charge in [0, 0.05) is 10.4 Å². The predicted molar refractivity (Wildman–Crippen MR) is 142 cm³/mol. The Morgan fingerprint density at radius 1 is 0.972 bits per heavy atom. The number of esters is 1. The van der Waals surface area contributed by atoms with Crippen LogP contribution in [0.4, 0.5) is 5.00 Å². The van der Waals surface area contributed by atoms with Gasteiger partial charge in [-0.1, -0.05) is 39.0 Å². The first-order chi connectivity index (χ1) is 17.3. The molecule has 7 heteroatoms. The summed E-state index contributed by atoms with van der Waals surface area (Å²) in [5.41, 5.74) is 2.19. The van der Waals surface area contributed by atoms with Gasteiger partial charge in [-0.15, -0.1) is 11.3 Å². The number of carbonyl (C=O) groups is 2. The van der Waals surface area contributed by atoms with Crippen LogP contribution in [0.1, 0.15) is 58.3 Å².